The lowest BCUT2D eigenvalue weighted by molar-refractivity contribution is 0.0949. The van der Waals surface area contributed by atoms with Crippen molar-refractivity contribution in [3.05, 3.63) is 46.2 Å². The molecule has 3 heterocycles. The topological polar surface area (TPSA) is 78.5 Å². The first-order chi connectivity index (χ1) is 13.1. The summed E-state index contributed by atoms with van der Waals surface area (Å²) in [6.45, 7) is 1.89. The van der Waals surface area contributed by atoms with E-state index >= 15 is 0 Å². The van der Waals surface area contributed by atoms with Gasteiger partial charge in [0.2, 0.25) is 0 Å². The van der Waals surface area contributed by atoms with E-state index in [2.05, 4.69) is 10.6 Å². The van der Waals surface area contributed by atoms with Crippen molar-refractivity contribution < 1.29 is 13.2 Å². The van der Waals surface area contributed by atoms with Crippen LogP contribution in [0.5, 0.6) is 0 Å². The third-order valence-electron chi connectivity index (χ3n) is 5.17. The third kappa shape index (κ3) is 3.61. The molecule has 1 amide bonds. The standard InChI is InChI=1S/C19H23N3O3S2/c23-19(21-13-15-6-3-4-10-20-15)18-17(9-12-26-18)27(24,25)22-11-8-14-5-1-2-7-16(14)22/h1-2,5,7,9,12,15,20H,3-4,6,8,10-11,13H2,(H,21,23)/t15-/m1/s1. The number of piperidine rings is 1. The highest BCUT2D eigenvalue weighted by Crippen LogP contribution is 2.34. The largest absolute Gasteiger partial charge is 0.350 e. The van der Waals surface area contributed by atoms with Crippen LogP contribution >= 0.6 is 11.3 Å². The second-order valence-electron chi connectivity index (χ2n) is 6.93. The first kappa shape index (κ1) is 18.5. The number of nitrogens with zero attached hydrogens (tertiary/aromatic N) is 1. The summed E-state index contributed by atoms with van der Waals surface area (Å²) in [5, 5.41) is 7.95. The molecule has 0 unspecified atom stereocenters. The number of hydrogen-bond acceptors (Lipinski definition) is 5. The van der Waals surface area contributed by atoms with E-state index in [0.717, 1.165) is 31.4 Å². The molecule has 1 aromatic carbocycles. The molecule has 0 saturated carbocycles. The molecule has 1 atom stereocenters. The number of amides is 1. The van der Waals surface area contributed by atoms with Gasteiger partial charge in [-0.05, 0) is 48.9 Å². The predicted octanol–water partition coefficient (Wildman–Crippen LogP) is 2.37. The second-order valence-corrected chi connectivity index (χ2v) is 9.67. The molecule has 8 heteroatoms. The summed E-state index contributed by atoms with van der Waals surface area (Å²) >= 11 is 1.17. The molecule has 27 heavy (non-hydrogen) atoms. The molecule has 144 valence electrons. The van der Waals surface area contributed by atoms with Crippen LogP contribution in [0, 0.1) is 0 Å². The molecule has 2 aliphatic rings. The van der Waals surface area contributed by atoms with Crippen molar-refractivity contribution in [2.45, 2.75) is 36.6 Å². The number of carbonyl (C=O) groups excluding carboxylic acids is 1. The first-order valence-corrected chi connectivity index (χ1v) is 11.6. The summed E-state index contributed by atoms with van der Waals surface area (Å²) in [6, 6.07) is 9.31. The van der Waals surface area contributed by atoms with Crippen LogP contribution in [0.2, 0.25) is 0 Å². The summed E-state index contributed by atoms with van der Waals surface area (Å²) in [6.07, 6.45) is 4.03. The lowest BCUT2D eigenvalue weighted by atomic mass is 10.1. The van der Waals surface area contributed by atoms with Crippen molar-refractivity contribution in [3.8, 4) is 0 Å². The Balaban J connectivity index is 1.53. The Bertz CT molecular complexity index is 933. The van der Waals surface area contributed by atoms with Gasteiger partial charge >= 0.3 is 0 Å². The monoisotopic (exact) mass is 405 g/mol. The fraction of sp³-hybridized carbons (Fsp3) is 0.421. The Labute approximate surface area is 163 Å². The zero-order valence-corrected chi connectivity index (χ0v) is 16.6. The lowest BCUT2D eigenvalue weighted by Gasteiger charge is -2.23. The molecule has 0 spiro atoms. The van der Waals surface area contributed by atoms with Crippen LogP contribution in [0.25, 0.3) is 0 Å². The minimum absolute atomic E-state index is 0.0957. The highest BCUT2D eigenvalue weighted by atomic mass is 32.2. The van der Waals surface area contributed by atoms with E-state index in [1.807, 2.05) is 24.3 Å². The van der Waals surface area contributed by atoms with E-state index < -0.39 is 10.0 Å². The van der Waals surface area contributed by atoms with Crippen LogP contribution in [0.1, 0.15) is 34.5 Å². The van der Waals surface area contributed by atoms with Gasteiger partial charge in [0.25, 0.3) is 15.9 Å². The van der Waals surface area contributed by atoms with E-state index in [-0.39, 0.29) is 21.7 Å². The summed E-state index contributed by atoms with van der Waals surface area (Å²) in [4.78, 5) is 13.0. The van der Waals surface area contributed by atoms with Gasteiger partial charge in [-0.15, -0.1) is 11.3 Å². The second kappa shape index (κ2) is 7.61. The summed E-state index contributed by atoms with van der Waals surface area (Å²) in [5.41, 5.74) is 1.73. The van der Waals surface area contributed by atoms with Crippen LogP contribution in [0.15, 0.2) is 40.6 Å². The van der Waals surface area contributed by atoms with E-state index in [1.165, 1.54) is 21.7 Å². The Hall–Kier alpha value is -1.90. The number of sulfonamides is 1. The molecule has 0 radical (unpaired) electrons. The number of carbonyl (C=O) groups is 1. The molecule has 0 bridgehead atoms. The molecule has 1 aromatic heterocycles. The van der Waals surface area contributed by atoms with Gasteiger partial charge in [0, 0.05) is 19.1 Å². The van der Waals surface area contributed by atoms with E-state index in [4.69, 9.17) is 0 Å². The maximum Gasteiger partial charge on any atom is 0.265 e. The van der Waals surface area contributed by atoms with Gasteiger partial charge < -0.3 is 10.6 Å². The molecule has 2 aromatic rings. The lowest BCUT2D eigenvalue weighted by Crippen LogP contribution is -2.43. The summed E-state index contributed by atoms with van der Waals surface area (Å²) < 4.78 is 27.9. The smallest absolute Gasteiger partial charge is 0.265 e. The van der Waals surface area contributed by atoms with E-state index in [1.54, 1.807) is 5.38 Å². The Kier molecular flexibility index (Phi) is 5.21. The number of benzene rings is 1. The van der Waals surface area contributed by atoms with Gasteiger partial charge in [-0.2, -0.15) is 0 Å². The van der Waals surface area contributed by atoms with Crippen LogP contribution in [0.3, 0.4) is 0 Å². The van der Waals surface area contributed by atoms with Crippen molar-refractivity contribution in [1.82, 2.24) is 10.6 Å². The van der Waals surface area contributed by atoms with Gasteiger partial charge in [0.05, 0.1) is 5.69 Å². The Morgan fingerprint density at radius 2 is 2.11 bits per heavy atom. The van der Waals surface area contributed by atoms with Gasteiger partial charge in [-0.1, -0.05) is 24.6 Å². The SMILES string of the molecule is O=C(NC[C@H]1CCCCN1)c1sccc1S(=O)(=O)N1CCc2ccccc21. The number of fused-ring (bicyclic) bond motifs is 1. The highest BCUT2D eigenvalue weighted by molar-refractivity contribution is 7.93. The normalized spacial score (nSPS) is 19.7. The predicted molar refractivity (Wildman–Crippen MR) is 107 cm³/mol. The summed E-state index contributed by atoms with van der Waals surface area (Å²) in [5.74, 6) is -0.316. The number of rotatable bonds is 5. The highest BCUT2D eigenvalue weighted by Gasteiger charge is 2.34. The molecule has 2 aliphatic heterocycles. The minimum Gasteiger partial charge on any atom is -0.350 e. The molecule has 6 nitrogen and oxygen atoms in total. The minimum atomic E-state index is -3.76. The van der Waals surface area contributed by atoms with Crippen molar-refractivity contribution in [3.63, 3.8) is 0 Å². The zero-order valence-electron chi connectivity index (χ0n) is 15.0. The quantitative estimate of drug-likeness (QED) is 0.801. The molecule has 1 saturated heterocycles. The number of para-hydroxylation sites is 1. The molecular weight excluding hydrogens is 382 g/mol. The van der Waals surface area contributed by atoms with Crippen LogP contribution in [-0.4, -0.2) is 40.0 Å². The van der Waals surface area contributed by atoms with Crippen molar-refractivity contribution >= 4 is 33.0 Å². The molecule has 0 aliphatic carbocycles. The van der Waals surface area contributed by atoms with Gasteiger partial charge in [-0.3, -0.25) is 9.10 Å². The summed E-state index contributed by atoms with van der Waals surface area (Å²) in [7, 11) is -3.76. The van der Waals surface area contributed by atoms with Crippen LogP contribution < -0.4 is 14.9 Å². The van der Waals surface area contributed by atoms with Crippen LogP contribution in [-0.2, 0) is 16.4 Å². The Morgan fingerprint density at radius 1 is 1.26 bits per heavy atom. The van der Waals surface area contributed by atoms with E-state index in [9.17, 15) is 13.2 Å². The zero-order chi connectivity index (χ0) is 18.9. The molecular formula is C19H23N3O3S2. The van der Waals surface area contributed by atoms with Crippen LogP contribution in [0.4, 0.5) is 5.69 Å². The molecule has 2 N–H and O–H groups in total. The number of anilines is 1. The average Bonchev–Trinajstić information content (AvgIpc) is 3.34. The van der Waals surface area contributed by atoms with Crippen molar-refractivity contribution in [1.29, 1.82) is 0 Å². The van der Waals surface area contributed by atoms with Gasteiger partial charge in [0.1, 0.15) is 9.77 Å². The number of thiophene rings is 1. The molecule has 4 rings (SSSR count). The number of nitrogens with one attached hydrogen (secondary N) is 2. The average molecular weight is 406 g/mol. The van der Waals surface area contributed by atoms with Gasteiger partial charge in [-0.25, -0.2) is 8.42 Å². The first-order valence-electron chi connectivity index (χ1n) is 9.27. The fourth-order valence-corrected chi connectivity index (χ4v) is 6.56. The van der Waals surface area contributed by atoms with Crippen molar-refractivity contribution in [2.75, 3.05) is 23.9 Å². The van der Waals surface area contributed by atoms with Crippen molar-refractivity contribution in [2.24, 2.45) is 0 Å². The third-order valence-corrected chi connectivity index (χ3v) is 8.07. The number of hydrogen-bond donors (Lipinski definition) is 2. The maximum absolute atomic E-state index is 13.2. The maximum atomic E-state index is 13.2. The molecule has 1 fully saturated rings. The van der Waals surface area contributed by atoms with E-state index in [0.29, 0.717) is 25.2 Å². The fourth-order valence-electron chi connectivity index (χ4n) is 3.74. The Morgan fingerprint density at radius 3 is 2.93 bits per heavy atom. The van der Waals surface area contributed by atoms with Gasteiger partial charge in [0.15, 0.2) is 0 Å².